The molecule has 7 rings (SSSR count). The molecule has 2 heterocycles. The molecular formula is C54H62N2O11. The number of rotatable bonds is 24. The zero-order valence-electron chi connectivity index (χ0n) is 38.1. The summed E-state index contributed by atoms with van der Waals surface area (Å²) >= 11 is 0. The smallest absolute Gasteiger partial charge is 0.217 e. The zero-order chi connectivity index (χ0) is 46.6. The van der Waals surface area contributed by atoms with Crippen molar-refractivity contribution in [2.45, 2.75) is 108 Å². The molecule has 10 atom stereocenters. The fraction of sp³-hybridized carbons (Fsp3) is 0.370. The fourth-order valence-corrected chi connectivity index (χ4v) is 8.23. The van der Waals surface area contributed by atoms with Crippen molar-refractivity contribution in [3.8, 4) is 0 Å². The van der Waals surface area contributed by atoms with E-state index in [1.807, 2.05) is 152 Å². The van der Waals surface area contributed by atoms with Gasteiger partial charge in [-0.05, 0) is 27.8 Å². The highest BCUT2D eigenvalue weighted by Gasteiger charge is 2.54. The van der Waals surface area contributed by atoms with Crippen LogP contribution >= 0.6 is 0 Å². The minimum absolute atomic E-state index is 0.0311. The van der Waals surface area contributed by atoms with E-state index in [0.717, 1.165) is 27.8 Å². The van der Waals surface area contributed by atoms with Gasteiger partial charge in [-0.3, -0.25) is 9.59 Å². The lowest BCUT2D eigenvalue weighted by Gasteiger charge is -2.50. The maximum atomic E-state index is 13.3. The molecule has 67 heavy (non-hydrogen) atoms. The van der Waals surface area contributed by atoms with E-state index in [2.05, 4.69) is 17.2 Å². The van der Waals surface area contributed by atoms with E-state index in [1.54, 1.807) is 6.08 Å². The van der Waals surface area contributed by atoms with Crippen molar-refractivity contribution in [2.24, 2.45) is 0 Å². The van der Waals surface area contributed by atoms with Gasteiger partial charge in [-0.1, -0.05) is 158 Å². The van der Waals surface area contributed by atoms with Crippen LogP contribution in [0.2, 0.25) is 0 Å². The Hall–Kier alpha value is -5.58. The van der Waals surface area contributed by atoms with E-state index in [0.29, 0.717) is 6.61 Å². The maximum absolute atomic E-state index is 13.3. The van der Waals surface area contributed by atoms with Gasteiger partial charge in [0, 0.05) is 13.8 Å². The predicted octanol–water partition coefficient (Wildman–Crippen LogP) is 7.22. The Balaban J connectivity index is 1.26. The van der Waals surface area contributed by atoms with Crippen LogP contribution in [0.25, 0.3) is 0 Å². The largest absolute Gasteiger partial charge is 0.374 e. The van der Waals surface area contributed by atoms with E-state index < -0.39 is 61.3 Å². The third kappa shape index (κ3) is 15.0. The zero-order valence-corrected chi connectivity index (χ0v) is 38.1. The monoisotopic (exact) mass is 914 g/mol. The quantitative estimate of drug-likeness (QED) is 0.0607. The summed E-state index contributed by atoms with van der Waals surface area (Å²) in [4.78, 5) is 26.4. The van der Waals surface area contributed by atoms with Gasteiger partial charge in [0.2, 0.25) is 11.8 Å². The molecule has 13 nitrogen and oxygen atoms in total. The molecule has 13 heteroatoms. The molecule has 2 amide bonds. The van der Waals surface area contributed by atoms with E-state index in [1.165, 1.54) is 13.8 Å². The highest BCUT2D eigenvalue weighted by Crippen LogP contribution is 2.35. The Morgan fingerprint density at radius 1 is 0.478 bits per heavy atom. The number of hydrogen-bond acceptors (Lipinski definition) is 11. The Bertz CT molecular complexity index is 2210. The standard InChI is InChI=1S/C54H62N2O11/c1-4-30-61-52-47(55-38(2)57)53(64-35-44-28-18-9-19-29-44)65-46(37-60-32-41-22-12-6-13-23-41)50(52)67-54-48(56-39(3)58)51(63-34-43-26-16-8-17-27-43)49(62-33-42-24-14-7-15-25-42)45(66-54)36-59-31-40-20-10-5-11-21-40/h4-29,45-54H,1,30-37H2,2-3H3,(H,55,57)(H,56,58)/t45-,46-,47-,48-,49-,50-,51-,52-,53+,54+/m1/s1. The second-order valence-corrected chi connectivity index (χ2v) is 16.5. The molecule has 0 aromatic heterocycles. The third-order valence-electron chi connectivity index (χ3n) is 11.3. The summed E-state index contributed by atoms with van der Waals surface area (Å²) in [5, 5.41) is 6.14. The number of hydrogen-bond donors (Lipinski definition) is 2. The molecule has 5 aromatic rings. The van der Waals surface area contributed by atoms with Crippen LogP contribution in [0.15, 0.2) is 164 Å². The van der Waals surface area contributed by atoms with Gasteiger partial charge >= 0.3 is 0 Å². The molecule has 354 valence electrons. The Morgan fingerprint density at radius 3 is 1.27 bits per heavy atom. The second-order valence-electron chi connectivity index (χ2n) is 16.5. The van der Waals surface area contributed by atoms with Crippen molar-refractivity contribution in [3.63, 3.8) is 0 Å². The number of benzene rings is 5. The summed E-state index contributed by atoms with van der Waals surface area (Å²) in [7, 11) is 0. The van der Waals surface area contributed by atoms with Crippen molar-refractivity contribution in [2.75, 3.05) is 19.8 Å². The van der Waals surface area contributed by atoms with E-state index >= 15 is 0 Å². The van der Waals surface area contributed by atoms with E-state index in [9.17, 15) is 9.59 Å². The van der Waals surface area contributed by atoms with Crippen LogP contribution in [0.5, 0.6) is 0 Å². The molecule has 2 fully saturated rings. The highest BCUT2D eigenvalue weighted by atomic mass is 16.7. The van der Waals surface area contributed by atoms with Crippen molar-refractivity contribution in [1.29, 1.82) is 0 Å². The van der Waals surface area contributed by atoms with Crippen LogP contribution in [-0.2, 0) is 85.3 Å². The third-order valence-corrected chi connectivity index (χ3v) is 11.3. The van der Waals surface area contributed by atoms with E-state index in [4.69, 9.17) is 42.6 Å². The highest BCUT2D eigenvalue weighted by molar-refractivity contribution is 5.73. The lowest BCUT2D eigenvalue weighted by Crippen LogP contribution is -2.70. The van der Waals surface area contributed by atoms with Gasteiger partial charge < -0.3 is 53.3 Å². The summed E-state index contributed by atoms with van der Waals surface area (Å²) in [6.45, 7) is 8.17. The second kappa shape index (κ2) is 26.1. The van der Waals surface area contributed by atoms with Crippen LogP contribution in [0.3, 0.4) is 0 Å². The molecule has 0 radical (unpaired) electrons. The predicted molar refractivity (Wildman–Crippen MR) is 251 cm³/mol. The average Bonchev–Trinajstić information content (AvgIpc) is 3.35. The Kier molecular flexibility index (Phi) is 19.2. The van der Waals surface area contributed by atoms with Crippen LogP contribution in [-0.4, -0.2) is 92.9 Å². The molecule has 0 bridgehead atoms. The number of carbonyl (C=O) groups excluding carboxylic acids is 2. The normalized spacial score (nSPS) is 24.9. The van der Waals surface area contributed by atoms with E-state index in [-0.39, 0.29) is 58.1 Å². The summed E-state index contributed by atoms with van der Waals surface area (Å²) in [5.41, 5.74) is 4.71. The van der Waals surface area contributed by atoms with Crippen molar-refractivity contribution >= 4 is 11.8 Å². The molecule has 2 saturated heterocycles. The van der Waals surface area contributed by atoms with Gasteiger partial charge in [0.15, 0.2) is 12.6 Å². The minimum atomic E-state index is -1.20. The van der Waals surface area contributed by atoms with Crippen LogP contribution in [0.1, 0.15) is 41.7 Å². The van der Waals surface area contributed by atoms with Gasteiger partial charge in [0.1, 0.15) is 48.7 Å². The summed E-state index contributed by atoms with van der Waals surface area (Å²) in [5.74, 6) is -0.677. The molecule has 0 spiro atoms. The Morgan fingerprint density at radius 2 is 0.836 bits per heavy atom. The SMILES string of the molecule is C=CCO[C@@H]1[C@@H](NC(C)=O)[C@@H](OCc2ccccc2)O[C@H](COCc2ccccc2)[C@H]1O[C@@H]1O[C@H](COCc2ccccc2)[C@@H](OCc2ccccc2)[C@H](OCc2ccccc2)[C@H]1NC(C)=O. The molecule has 5 aromatic carbocycles. The lowest BCUT2D eigenvalue weighted by atomic mass is 9.93. The molecule has 0 saturated carbocycles. The number of nitrogens with one attached hydrogen (secondary N) is 2. The van der Waals surface area contributed by atoms with Gasteiger partial charge in [0.25, 0.3) is 0 Å². The summed E-state index contributed by atoms with van der Waals surface area (Å²) in [6, 6.07) is 47.1. The molecular weight excluding hydrogens is 853 g/mol. The number of carbonyl (C=O) groups is 2. The number of ether oxygens (including phenoxy) is 9. The Labute approximate surface area is 393 Å². The first-order chi connectivity index (χ1) is 32.8. The van der Waals surface area contributed by atoms with Crippen LogP contribution in [0.4, 0.5) is 0 Å². The molecule has 2 N–H and O–H groups in total. The molecule has 2 aliphatic rings. The first-order valence-electron chi connectivity index (χ1n) is 22.8. The maximum Gasteiger partial charge on any atom is 0.217 e. The molecule has 2 aliphatic heterocycles. The van der Waals surface area contributed by atoms with Gasteiger partial charge in [-0.25, -0.2) is 0 Å². The molecule has 0 unspecified atom stereocenters. The fourth-order valence-electron chi connectivity index (χ4n) is 8.23. The first kappa shape index (κ1) is 49.3. The average molecular weight is 915 g/mol. The van der Waals surface area contributed by atoms with Gasteiger partial charge in [0.05, 0.1) is 52.9 Å². The van der Waals surface area contributed by atoms with Crippen LogP contribution in [0, 0.1) is 0 Å². The number of amides is 2. The topological polar surface area (TPSA) is 141 Å². The van der Waals surface area contributed by atoms with Crippen molar-refractivity contribution in [3.05, 3.63) is 192 Å². The van der Waals surface area contributed by atoms with Gasteiger partial charge in [-0.15, -0.1) is 6.58 Å². The van der Waals surface area contributed by atoms with Crippen molar-refractivity contribution < 1.29 is 52.2 Å². The van der Waals surface area contributed by atoms with Crippen LogP contribution < -0.4 is 10.6 Å². The lowest BCUT2D eigenvalue weighted by molar-refractivity contribution is -0.343. The van der Waals surface area contributed by atoms with Gasteiger partial charge in [-0.2, -0.15) is 0 Å². The van der Waals surface area contributed by atoms with Crippen molar-refractivity contribution in [1.82, 2.24) is 10.6 Å². The summed E-state index contributed by atoms with van der Waals surface area (Å²) < 4.78 is 60.4. The summed E-state index contributed by atoms with van der Waals surface area (Å²) in [6.07, 6.45) is -5.71. The first-order valence-corrected chi connectivity index (χ1v) is 22.8. The minimum Gasteiger partial charge on any atom is -0.374 e. The molecule has 0 aliphatic carbocycles.